The minimum Gasteiger partial charge on any atom is -0.383 e. The van der Waals surface area contributed by atoms with E-state index in [0.717, 1.165) is 32.2 Å². The molecule has 6 heteroatoms. The monoisotopic (exact) mass is 410 g/mol. The highest BCUT2D eigenvalue weighted by Crippen LogP contribution is 2.37. The molecule has 0 amide bonds. The average molecular weight is 411 g/mol. The van der Waals surface area contributed by atoms with E-state index in [0.29, 0.717) is 11.5 Å². The van der Waals surface area contributed by atoms with Crippen molar-refractivity contribution in [2.75, 3.05) is 5.73 Å². The molecule has 4 aromatic rings. The summed E-state index contributed by atoms with van der Waals surface area (Å²) in [6.07, 6.45) is 1.46. The van der Waals surface area contributed by atoms with E-state index in [-0.39, 0.29) is 0 Å². The van der Waals surface area contributed by atoms with Crippen LogP contribution in [-0.4, -0.2) is 15.0 Å². The summed E-state index contributed by atoms with van der Waals surface area (Å²) in [6, 6.07) is 12.4. The first-order chi connectivity index (χ1) is 12.0. The van der Waals surface area contributed by atoms with Crippen LogP contribution in [0.1, 0.15) is 9.75 Å². The maximum atomic E-state index is 6.15. The number of hydrogen-bond donors (Lipinski definition) is 1. The molecule has 0 radical (unpaired) electrons. The number of nitrogen functional groups attached to an aromatic ring is 1. The van der Waals surface area contributed by atoms with Gasteiger partial charge in [0.1, 0.15) is 12.1 Å². The molecule has 0 spiro atoms. The van der Waals surface area contributed by atoms with Crippen molar-refractivity contribution in [2.45, 2.75) is 13.8 Å². The van der Waals surface area contributed by atoms with Crippen LogP contribution in [-0.2, 0) is 0 Å². The van der Waals surface area contributed by atoms with Gasteiger partial charge in [0.15, 0.2) is 5.65 Å². The van der Waals surface area contributed by atoms with Crippen LogP contribution in [0.4, 0.5) is 5.82 Å². The third-order valence-electron chi connectivity index (χ3n) is 4.09. The Kier molecular flexibility index (Phi) is 4.01. The van der Waals surface area contributed by atoms with Gasteiger partial charge in [-0.3, -0.25) is 0 Å². The maximum Gasteiger partial charge on any atom is 0.165 e. The fourth-order valence-electron chi connectivity index (χ4n) is 2.99. The number of fused-ring (bicyclic) bond motifs is 1. The smallest absolute Gasteiger partial charge is 0.165 e. The molecular weight excluding hydrogens is 396 g/mol. The third-order valence-corrected chi connectivity index (χ3v) is 5.55. The number of hydrogen-bond acceptors (Lipinski definition) is 5. The number of nitrogens with two attached hydrogens (primary N) is 1. The van der Waals surface area contributed by atoms with Crippen molar-refractivity contribution in [1.82, 2.24) is 15.0 Å². The molecule has 3 heterocycles. The van der Waals surface area contributed by atoms with Crippen molar-refractivity contribution in [3.63, 3.8) is 0 Å². The first-order valence-corrected chi connectivity index (χ1v) is 9.38. The summed E-state index contributed by atoms with van der Waals surface area (Å²) in [6.45, 7) is 4.23. The predicted molar refractivity (Wildman–Crippen MR) is 108 cm³/mol. The van der Waals surface area contributed by atoms with Gasteiger partial charge in [0, 0.05) is 19.8 Å². The SMILES string of the molecule is Cc1cc(-c2cc(-c3cccc(Br)c3)c3c(N)ncnc3n2)c(C)s1. The van der Waals surface area contributed by atoms with Crippen LogP contribution in [0.5, 0.6) is 0 Å². The second-order valence-electron chi connectivity index (χ2n) is 5.85. The molecule has 4 nitrogen and oxygen atoms in total. The van der Waals surface area contributed by atoms with Gasteiger partial charge >= 0.3 is 0 Å². The van der Waals surface area contributed by atoms with Crippen LogP contribution in [0.25, 0.3) is 33.4 Å². The molecule has 25 heavy (non-hydrogen) atoms. The standard InChI is InChI=1S/C19H15BrN4S/c1-10-6-14(11(2)25-10)16-8-15(12-4-3-5-13(20)7-12)17-18(21)22-9-23-19(17)24-16/h3-9H,1-2H3,(H2,21,22,23,24). The van der Waals surface area contributed by atoms with Gasteiger partial charge < -0.3 is 5.73 Å². The lowest BCUT2D eigenvalue weighted by Gasteiger charge is -2.11. The van der Waals surface area contributed by atoms with Crippen molar-refractivity contribution >= 4 is 44.1 Å². The molecule has 124 valence electrons. The van der Waals surface area contributed by atoms with Gasteiger partial charge in [-0.15, -0.1) is 11.3 Å². The first-order valence-electron chi connectivity index (χ1n) is 7.77. The summed E-state index contributed by atoms with van der Waals surface area (Å²) < 4.78 is 1.01. The summed E-state index contributed by atoms with van der Waals surface area (Å²) >= 11 is 5.32. The van der Waals surface area contributed by atoms with E-state index in [1.54, 1.807) is 11.3 Å². The molecular formula is C19H15BrN4S. The van der Waals surface area contributed by atoms with E-state index in [2.05, 4.69) is 64.0 Å². The third kappa shape index (κ3) is 2.92. The van der Waals surface area contributed by atoms with Gasteiger partial charge in [0.25, 0.3) is 0 Å². The molecule has 2 N–H and O–H groups in total. The predicted octanol–water partition coefficient (Wildman–Crippen LogP) is 5.38. The van der Waals surface area contributed by atoms with Crippen LogP contribution in [0.2, 0.25) is 0 Å². The van der Waals surface area contributed by atoms with Crippen molar-refractivity contribution in [1.29, 1.82) is 0 Å². The molecule has 0 bridgehead atoms. The Hall–Kier alpha value is -2.31. The lowest BCUT2D eigenvalue weighted by molar-refractivity contribution is 1.19. The number of rotatable bonds is 2. The molecule has 0 atom stereocenters. The number of thiophene rings is 1. The van der Waals surface area contributed by atoms with Gasteiger partial charge in [0.2, 0.25) is 0 Å². The van der Waals surface area contributed by atoms with E-state index in [4.69, 9.17) is 10.7 Å². The summed E-state index contributed by atoms with van der Waals surface area (Å²) in [5.74, 6) is 0.442. The Morgan fingerprint density at radius 1 is 1.04 bits per heavy atom. The Morgan fingerprint density at radius 2 is 1.88 bits per heavy atom. The normalized spacial score (nSPS) is 11.2. The molecule has 4 rings (SSSR count). The number of halogens is 1. The number of anilines is 1. The second-order valence-corrected chi connectivity index (χ2v) is 8.23. The highest BCUT2D eigenvalue weighted by Gasteiger charge is 2.15. The first kappa shape index (κ1) is 16.2. The lowest BCUT2D eigenvalue weighted by Crippen LogP contribution is -1.98. The van der Waals surface area contributed by atoms with Crippen LogP contribution >= 0.6 is 27.3 Å². The highest BCUT2D eigenvalue weighted by molar-refractivity contribution is 9.10. The molecule has 0 aliphatic heterocycles. The van der Waals surface area contributed by atoms with Crippen molar-refractivity contribution in [3.05, 3.63) is 57.0 Å². The quantitative estimate of drug-likeness (QED) is 0.481. The van der Waals surface area contributed by atoms with Gasteiger partial charge in [0.05, 0.1) is 11.1 Å². The Labute approximate surface area is 157 Å². The van der Waals surface area contributed by atoms with E-state index < -0.39 is 0 Å². The van der Waals surface area contributed by atoms with Crippen molar-refractivity contribution in [2.24, 2.45) is 0 Å². The summed E-state index contributed by atoms with van der Waals surface area (Å²) in [4.78, 5) is 15.8. The molecule has 0 unspecified atom stereocenters. The minimum absolute atomic E-state index is 0.442. The zero-order valence-corrected chi connectivity index (χ0v) is 16.1. The molecule has 0 aliphatic carbocycles. The van der Waals surface area contributed by atoms with Crippen LogP contribution in [0, 0.1) is 13.8 Å². The minimum atomic E-state index is 0.442. The second kappa shape index (κ2) is 6.20. The zero-order chi connectivity index (χ0) is 17.6. The largest absolute Gasteiger partial charge is 0.383 e. The Bertz CT molecular complexity index is 1100. The Balaban J connectivity index is 2.07. The van der Waals surface area contributed by atoms with Crippen LogP contribution < -0.4 is 5.73 Å². The van der Waals surface area contributed by atoms with Gasteiger partial charge in [-0.25, -0.2) is 15.0 Å². The lowest BCUT2D eigenvalue weighted by atomic mass is 10.00. The van der Waals surface area contributed by atoms with Gasteiger partial charge in [-0.1, -0.05) is 28.1 Å². The van der Waals surface area contributed by atoms with Crippen LogP contribution in [0.15, 0.2) is 47.2 Å². The van der Waals surface area contributed by atoms with Crippen molar-refractivity contribution in [3.8, 4) is 22.4 Å². The molecule has 0 saturated heterocycles. The van der Waals surface area contributed by atoms with E-state index in [1.807, 2.05) is 12.1 Å². The van der Waals surface area contributed by atoms with Crippen LogP contribution in [0.3, 0.4) is 0 Å². The molecule has 0 fully saturated rings. The fraction of sp³-hybridized carbons (Fsp3) is 0.105. The van der Waals surface area contributed by atoms with E-state index >= 15 is 0 Å². The number of aryl methyl sites for hydroxylation is 2. The molecule has 3 aromatic heterocycles. The number of pyridine rings is 1. The topological polar surface area (TPSA) is 64.7 Å². The number of benzene rings is 1. The molecule has 0 aliphatic rings. The summed E-state index contributed by atoms with van der Waals surface area (Å²) in [7, 11) is 0. The van der Waals surface area contributed by atoms with Crippen molar-refractivity contribution < 1.29 is 0 Å². The summed E-state index contributed by atoms with van der Waals surface area (Å²) in [5.41, 5.74) is 10.8. The molecule has 0 saturated carbocycles. The fourth-order valence-corrected chi connectivity index (χ4v) is 4.33. The van der Waals surface area contributed by atoms with E-state index in [9.17, 15) is 0 Å². The zero-order valence-electron chi connectivity index (χ0n) is 13.7. The van der Waals surface area contributed by atoms with Gasteiger partial charge in [-0.05, 0) is 49.2 Å². The number of nitrogens with zero attached hydrogens (tertiary/aromatic N) is 3. The van der Waals surface area contributed by atoms with E-state index in [1.165, 1.54) is 16.1 Å². The average Bonchev–Trinajstić information content (AvgIpc) is 2.92. The highest BCUT2D eigenvalue weighted by atomic mass is 79.9. The maximum absolute atomic E-state index is 6.15. The van der Waals surface area contributed by atoms with Gasteiger partial charge in [-0.2, -0.15) is 0 Å². The number of aromatic nitrogens is 3. The Morgan fingerprint density at radius 3 is 2.60 bits per heavy atom. The summed E-state index contributed by atoms with van der Waals surface area (Å²) in [5, 5.41) is 0.786. The molecule has 1 aromatic carbocycles.